The zero-order chi connectivity index (χ0) is 28.9. The maximum atomic E-state index is 4.65. The number of hydrogen-bond acceptors (Lipinski definition) is 2. The first-order chi connectivity index (χ1) is 19.4. The Hall–Kier alpha value is -3.78. The van der Waals surface area contributed by atoms with Crippen LogP contribution in [0.25, 0.3) is 17.2 Å². The predicted octanol–water partition coefficient (Wildman–Crippen LogP) is 10.7. The van der Waals surface area contributed by atoms with E-state index in [4.69, 9.17) is 0 Å². The van der Waals surface area contributed by atoms with Crippen molar-refractivity contribution in [3.05, 3.63) is 127 Å². The lowest BCUT2D eigenvalue weighted by Crippen LogP contribution is -2.27. The van der Waals surface area contributed by atoms with Crippen LogP contribution in [0, 0.1) is 5.92 Å². The van der Waals surface area contributed by atoms with E-state index in [1.165, 1.54) is 71.4 Å². The summed E-state index contributed by atoms with van der Waals surface area (Å²) >= 11 is 0. The van der Waals surface area contributed by atoms with Crippen LogP contribution in [0.1, 0.15) is 63.5 Å². The topological polar surface area (TPSA) is 6.48 Å². The van der Waals surface area contributed by atoms with Gasteiger partial charge in [-0.3, -0.25) is 0 Å². The molecule has 0 radical (unpaired) electrons. The minimum Gasteiger partial charge on any atom is -0.378 e. The highest BCUT2D eigenvalue weighted by atomic mass is 15.1. The fraction of sp³-hybridized carbons (Fsp3) is 0.316. The molecule has 2 nitrogen and oxygen atoms in total. The molecule has 4 rings (SSSR count). The normalized spacial score (nSPS) is 13.3. The van der Waals surface area contributed by atoms with Gasteiger partial charge in [-0.1, -0.05) is 112 Å². The first kappa shape index (κ1) is 30.8. The van der Waals surface area contributed by atoms with Gasteiger partial charge in [0.15, 0.2) is 0 Å². The van der Waals surface area contributed by atoms with E-state index in [-0.39, 0.29) is 0 Å². The first-order valence-corrected chi connectivity index (χ1v) is 14.7. The average molecular weight is 533 g/mol. The molecule has 3 aromatic carbocycles. The van der Waals surface area contributed by atoms with Gasteiger partial charge in [0.1, 0.15) is 0 Å². The van der Waals surface area contributed by atoms with Crippen LogP contribution < -0.4 is 9.80 Å². The Kier molecular flexibility index (Phi) is 12.1. The van der Waals surface area contributed by atoms with E-state index in [2.05, 4.69) is 136 Å². The van der Waals surface area contributed by atoms with Gasteiger partial charge >= 0.3 is 0 Å². The molecule has 0 bridgehead atoms. The second-order valence-corrected chi connectivity index (χ2v) is 10.9. The molecular formula is C38H48N2. The highest BCUT2D eigenvalue weighted by Gasteiger charge is 2.22. The Morgan fingerprint density at radius 1 is 0.850 bits per heavy atom. The quantitative estimate of drug-likeness (QED) is 0.189. The molecule has 0 amide bonds. The second-order valence-electron chi connectivity index (χ2n) is 10.9. The molecule has 40 heavy (non-hydrogen) atoms. The second kappa shape index (κ2) is 15.7. The number of nitrogens with zero attached hydrogens (tertiary/aromatic N) is 2. The molecule has 0 aliphatic heterocycles. The van der Waals surface area contributed by atoms with Crippen molar-refractivity contribution in [2.24, 2.45) is 5.92 Å². The average Bonchev–Trinajstić information content (AvgIpc) is 2.99. The van der Waals surface area contributed by atoms with Crippen molar-refractivity contribution in [3.8, 4) is 11.1 Å². The molecule has 0 unspecified atom stereocenters. The molecule has 3 aromatic rings. The smallest absolute Gasteiger partial charge is 0.0478 e. The lowest BCUT2D eigenvalue weighted by atomic mass is 9.86. The molecule has 1 fully saturated rings. The summed E-state index contributed by atoms with van der Waals surface area (Å²) in [6, 6.07) is 26.6. The lowest BCUT2D eigenvalue weighted by molar-refractivity contribution is 0.396. The van der Waals surface area contributed by atoms with Gasteiger partial charge in [0.25, 0.3) is 0 Å². The summed E-state index contributed by atoms with van der Waals surface area (Å²) in [5.74, 6) is 0.558. The van der Waals surface area contributed by atoms with Crippen LogP contribution in [0.3, 0.4) is 0 Å². The molecular weight excluding hydrogens is 484 g/mol. The number of allylic oxidation sites excluding steroid dienone is 4. The van der Waals surface area contributed by atoms with Crippen molar-refractivity contribution < 1.29 is 0 Å². The maximum absolute atomic E-state index is 4.65. The van der Waals surface area contributed by atoms with Gasteiger partial charge in [-0.15, -0.1) is 6.58 Å². The van der Waals surface area contributed by atoms with Crippen molar-refractivity contribution >= 4 is 17.5 Å². The van der Waals surface area contributed by atoms with Gasteiger partial charge in [-0.25, -0.2) is 0 Å². The van der Waals surface area contributed by atoms with Gasteiger partial charge in [0.2, 0.25) is 0 Å². The van der Waals surface area contributed by atoms with Gasteiger partial charge in [-0.2, -0.15) is 0 Å². The van der Waals surface area contributed by atoms with Crippen molar-refractivity contribution in [2.45, 2.75) is 58.9 Å². The molecule has 0 saturated heterocycles. The van der Waals surface area contributed by atoms with E-state index < -0.39 is 0 Å². The number of hydrogen-bond donors (Lipinski definition) is 0. The first-order valence-electron chi connectivity index (χ1n) is 14.7. The molecule has 1 saturated carbocycles. The summed E-state index contributed by atoms with van der Waals surface area (Å²) in [5, 5.41) is 0. The fourth-order valence-electron chi connectivity index (χ4n) is 5.08. The monoisotopic (exact) mass is 532 g/mol. The van der Waals surface area contributed by atoms with Gasteiger partial charge in [0, 0.05) is 37.7 Å². The summed E-state index contributed by atoms with van der Waals surface area (Å²) in [7, 11) is 4.15. The molecule has 210 valence electrons. The zero-order valence-electron chi connectivity index (χ0n) is 25.2. The standard InChI is InChI=1S/C35H42N2.C3H6/c1-6-27(2)15-16-29-11-10-14-35(25-29)37(28(3)31-12-8-7-9-13-31)26-30-17-19-32(20-18-30)33-21-23-34(24-22-33)36(4)5;1-3-2/h10-11,14-25,31H,2-3,6-9,12-13,26H2,1,4-5H3;3H,1H2,2H3/b16-15+;. The Labute approximate surface area is 244 Å². The predicted molar refractivity (Wildman–Crippen MR) is 179 cm³/mol. The fourth-order valence-corrected chi connectivity index (χ4v) is 5.08. The lowest BCUT2D eigenvalue weighted by Gasteiger charge is -2.34. The third-order valence-corrected chi connectivity index (χ3v) is 7.58. The van der Waals surface area contributed by atoms with Gasteiger partial charge < -0.3 is 9.80 Å². The zero-order valence-corrected chi connectivity index (χ0v) is 25.2. The molecule has 0 heterocycles. The van der Waals surface area contributed by atoms with Crippen LogP contribution in [-0.4, -0.2) is 14.1 Å². The molecule has 0 spiro atoms. The summed E-state index contributed by atoms with van der Waals surface area (Å²) in [5.41, 5.74) is 9.81. The Morgan fingerprint density at radius 2 is 1.45 bits per heavy atom. The molecule has 0 atom stereocenters. The van der Waals surface area contributed by atoms with E-state index in [1.54, 1.807) is 6.08 Å². The minimum absolute atomic E-state index is 0.558. The number of rotatable bonds is 10. The van der Waals surface area contributed by atoms with Crippen LogP contribution in [0.15, 0.2) is 116 Å². The minimum atomic E-state index is 0.558. The van der Waals surface area contributed by atoms with E-state index >= 15 is 0 Å². The molecule has 0 aromatic heterocycles. The van der Waals surface area contributed by atoms with Crippen LogP contribution in [0.4, 0.5) is 11.4 Å². The summed E-state index contributed by atoms with van der Waals surface area (Å²) in [4.78, 5) is 4.58. The van der Waals surface area contributed by atoms with E-state index in [1.807, 2.05) is 6.92 Å². The van der Waals surface area contributed by atoms with Crippen LogP contribution >= 0.6 is 0 Å². The molecule has 1 aliphatic carbocycles. The Bertz CT molecular complexity index is 1260. The van der Waals surface area contributed by atoms with Crippen LogP contribution in [-0.2, 0) is 6.54 Å². The van der Waals surface area contributed by atoms with Crippen molar-refractivity contribution in [1.29, 1.82) is 0 Å². The Balaban J connectivity index is 0.00000141. The van der Waals surface area contributed by atoms with E-state index in [0.717, 1.165) is 18.5 Å². The summed E-state index contributed by atoms with van der Waals surface area (Å²) < 4.78 is 0. The number of anilines is 2. The third kappa shape index (κ3) is 8.88. The highest BCUT2D eigenvalue weighted by molar-refractivity contribution is 5.67. The number of benzene rings is 3. The van der Waals surface area contributed by atoms with E-state index in [9.17, 15) is 0 Å². The van der Waals surface area contributed by atoms with Crippen molar-refractivity contribution in [3.63, 3.8) is 0 Å². The molecule has 2 heteroatoms. The molecule has 0 N–H and O–H groups in total. The summed E-state index contributed by atoms with van der Waals surface area (Å²) in [6.45, 7) is 17.0. The summed E-state index contributed by atoms with van der Waals surface area (Å²) in [6.07, 6.45) is 13.5. The molecule has 1 aliphatic rings. The van der Waals surface area contributed by atoms with Crippen LogP contribution in [0.5, 0.6) is 0 Å². The van der Waals surface area contributed by atoms with Gasteiger partial charge in [-0.05, 0) is 78.6 Å². The van der Waals surface area contributed by atoms with Crippen molar-refractivity contribution in [1.82, 2.24) is 0 Å². The van der Waals surface area contributed by atoms with Crippen LogP contribution in [0.2, 0.25) is 0 Å². The van der Waals surface area contributed by atoms with Gasteiger partial charge in [0.05, 0.1) is 0 Å². The van der Waals surface area contributed by atoms with E-state index in [0.29, 0.717) is 5.92 Å². The van der Waals surface area contributed by atoms with Crippen molar-refractivity contribution in [2.75, 3.05) is 23.9 Å². The highest BCUT2D eigenvalue weighted by Crippen LogP contribution is 2.35. The Morgan fingerprint density at radius 3 is 2.02 bits per heavy atom. The largest absolute Gasteiger partial charge is 0.378 e. The maximum Gasteiger partial charge on any atom is 0.0478 e. The third-order valence-electron chi connectivity index (χ3n) is 7.58. The SMILES string of the molecule is C=C(/C=C/c1cccc(N(Cc2ccc(-c3ccc(N(C)C)cc3)cc2)C(=C)C2CCCCC2)c1)CC.C=CC.